The van der Waals surface area contributed by atoms with Crippen molar-refractivity contribution in [1.82, 2.24) is 9.80 Å². The second-order valence-corrected chi connectivity index (χ2v) is 8.66. The Balaban J connectivity index is 1.45. The molecule has 3 fully saturated rings. The highest BCUT2D eigenvalue weighted by Gasteiger charge is 2.58. The predicted molar refractivity (Wildman–Crippen MR) is 117 cm³/mol. The first-order valence-electron chi connectivity index (χ1n) is 10.9. The molecule has 3 saturated heterocycles. The molecule has 0 unspecified atom stereocenters. The number of fused-ring (bicyclic) bond motifs is 1. The van der Waals surface area contributed by atoms with Crippen LogP contribution >= 0.6 is 0 Å². The van der Waals surface area contributed by atoms with Crippen LogP contribution in [0.3, 0.4) is 0 Å². The number of carbonyl (C=O) groups is 2. The Hall–Kier alpha value is -3.31. The van der Waals surface area contributed by atoms with Gasteiger partial charge in [0.1, 0.15) is 12.1 Å². The fourth-order valence-electron chi connectivity index (χ4n) is 4.92. The van der Waals surface area contributed by atoms with Gasteiger partial charge in [-0.3, -0.25) is 9.59 Å². The fourth-order valence-corrected chi connectivity index (χ4v) is 4.92. The topological polar surface area (TPSA) is 73.6 Å². The van der Waals surface area contributed by atoms with Gasteiger partial charge in [-0.1, -0.05) is 18.7 Å². The lowest BCUT2D eigenvalue weighted by molar-refractivity contribution is -0.142. The fraction of sp³-hybridized carbons (Fsp3) is 0.400. The highest BCUT2D eigenvalue weighted by molar-refractivity contribution is 5.97. The maximum atomic E-state index is 14.0. The average molecular weight is 453 g/mol. The van der Waals surface area contributed by atoms with Gasteiger partial charge in [0, 0.05) is 32.0 Å². The van der Waals surface area contributed by atoms with Gasteiger partial charge < -0.3 is 14.5 Å². The first-order valence-corrected chi connectivity index (χ1v) is 10.9. The summed E-state index contributed by atoms with van der Waals surface area (Å²) in [5, 5.41) is 9.28. The minimum Gasteiger partial charge on any atom is -0.342 e. The number of halogens is 2. The van der Waals surface area contributed by atoms with E-state index in [0.29, 0.717) is 55.5 Å². The van der Waals surface area contributed by atoms with Crippen molar-refractivity contribution < 1.29 is 23.1 Å². The van der Waals surface area contributed by atoms with E-state index in [1.54, 1.807) is 34.1 Å². The van der Waals surface area contributed by atoms with E-state index < -0.39 is 29.5 Å². The monoisotopic (exact) mass is 453 g/mol. The van der Waals surface area contributed by atoms with Crippen molar-refractivity contribution in [3.05, 3.63) is 71.4 Å². The highest BCUT2D eigenvalue weighted by Crippen LogP contribution is 2.44. The van der Waals surface area contributed by atoms with Crippen LogP contribution in [-0.2, 0) is 9.53 Å². The number of nitrogens with zero attached hydrogens (tertiary/aromatic N) is 3. The van der Waals surface area contributed by atoms with Gasteiger partial charge in [-0.15, -0.1) is 0 Å². The van der Waals surface area contributed by atoms with Crippen LogP contribution in [0.15, 0.2) is 60.2 Å². The van der Waals surface area contributed by atoms with E-state index in [9.17, 15) is 23.6 Å². The highest BCUT2D eigenvalue weighted by atomic mass is 19.1. The molecule has 0 saturated carbocycles. The molecule has 0 N–H and O–H groups in total. The third-order valence-corrected chi connectivity index (χ3v) is 6.54. The SMILES string of the molecule is C=C(/C=C(F)\C=C(/C)F)[C@@H]1CC[C@H]2OC3(CCN(C(=O)c4ccccc4C#N)CC3)C(=O)N21. The Morgan fingerprint density at radius 2 is 1.94 bits per heavy atom. The van der Waals surface area contributed by atoms with Gasteiger partial charge in [-0.05, 0) is 43.5 Å². The molecular weight excluding hydrogens is 428 g/mol. The number of hydrogen-bond acceptors (Lipinski definition) is 4. The lowest BCUT2D eigenvalue weighted by Crippen LogP contribution is -2.52. The van der Waals surface area contributed by atoms with Crippen molar-refractivity contribution >= 4 is 11.8 Å². The summed E-state index contributed by atoms with van der Waals surface area (Å²) in [7, 11) is 0. The first kappa shape index (κ1) is 22.9. The smallest absolute Gasteiger partial charge is 0.257 e. The van der Waals surface area contributed by atoms with E-state index in [0.717, 1.165) is 19.1 Å². The van der Waals surface area contributed by atoms with E-state index in [2.05, 4.69) is 6.58 Å². The molecular formula is C25H25F2N3O3. The molecule has 0 aliphatic carbocycles. The second-order valence-electron chi connectivity index (χ2n) is 8.66. The van der Waals surface area contributed by atoms with Crippen molar-refractivity contribution in [3.8, 4) is 6.07 Å². The van der Waals surface area contributed by atoms with E-state index in [1.807, 2.05) is 6.07 Å². The summed E-state index contributed by atoms with van der Waals surface area (Å²) in [6.07, 6.45) is 3.38. The second kappa shape index (κ2) is 8.91. The van der Waals surface area contributed by atoms with Crippen LogP contribution in [-0.4, -0.2) is 52.6 Å². The molecule has 2 amide bonds. The number of hydrogen-bond donors (Lipinski definition) is 0. The minimum absolute atomic E-state index is 0.174. The minimum atomic E-state index is -1.02. The number of ether oxygens (including phenoxy) is 1. The van der Waals surface area contributed by atoms with Gasteiger partial charge in [0.25, 0.3) is 11.8 Å². The first-order chi connectivity index (χ1) is 15.8. The Morgan fingerprint density at radius 1 is 1.24 bits per heavy atom. The number of allylic oxidation sites excluding steroid dienone is 3. The number of carbonyl (C=O) groups excluding carboxylic acids is 2. The maximum Gasteiger partial charge on any atom is 0.257 e. The molecule has 1 spiro atoms. The molecule has 3 aliphatic rings. The molecule has 3 aliphatic heterocycles. The number of amides is 2. The summed E-state index contributed by atoms with van der Waals surface area (Å²) in [6, 6.07) is 8.28. The van der Waals surface area contributed by atoms with Crippen LogP contribution in [0.2, 0.25) is 0 Å². The Morgan fingerprint density at radius 3 is 2.61 bits per heavy atom. The summed E-state index contributed by atoms with van der Waals surface area (Å²) in [5.41, 5.74) is 0.0311. The third-order valence-electron chi connectivity index (χ3n) is 6.54. The van der Waals surface area contributed by atoms with Crippen LogP contribution in [0.1, 0.15) is 48.5 Å². The van der Waals surface area contributed by atoms with Gasteiger partial charge in [0.2, 0.25) is 0 Å². The molecule has 0 bridgehead atoms. The number of nitriles is 1. The van der Waals surface area contributed by atoms with E-state index in [1.165, 1.54) is 0 Å². The molecule has 4 rings (SSSR count). The van der Waals surface area contributed by atoms with Crippen molar-refractivity contribution in [2.45, 2.75) is 50.5 Å². The Kier molecular flexibility index (Phi) is 6.17. The summed E-state index contributed by atoms with van der Waals surface area (Å²) >= 11 is 0. The molecule has 6 nitrogen and oxygen atoms in total. The molecule has 0 aromatic heterocycles. The number of rotatable bonds is 4. The number of piperidine rings is 1. The van der Waals surface area contributed by atoms with Gasteiger partial charge >= 0.3 is 0 Å². The zero-order valence-corrected chi connectivity index (χ0v) is 18.4. The van der Waals surface area contributed by atoms with Crippen LogP contribution in [0, 0.1) is 11.3 Å². The van der Waals surface area contributed by atoms with Crippen LogP contribution < -0.4 is 0 Å². The molecule has 1 aromatic carbocycles. The molecule has 0 radical (unpaired) electrons. The average Bonchev–Trinajstić information content (AvgIpc) is 3.31. The lowest BCUT2D eigenvalue weighted by atomic mass is 9.89. The zero-order valence-electron chi connectivity index (χ0n) is 18.4. The summed E-state index contributed by atoms with van der Waals surface area (Å²) in [6.45, 7) is 5.70. The Bertz CT molecular complexity index is 1090. The van der Waals surface area contributed by atoms with Gasteiger partial charge in [0.05, 0.1) is 29.1 Å². The molecule has 3 heterocycles. The van der Waals surface area contributed by atoms with Crippen molar-refractivity contribution in [3.63, 3.8) is 0 Å². The summed E-state index contributed by atoms with van der Waals surface area (Å²) in [5.74, 6) is -1.82. The Labute approximate surface area is 191 Å². The maximum absolute atomic E-state index is 14.0. The third kappa shape index (κ3) is 4.21. The normalized spacial score (nSPS) is 24.7. The molecule has 33 heavy (non-hydrogen) atoms. The van der Waals surface area contributed by atoms with Crippen molar-refractivity contribution in [2.24, 2.45) is 0 Å². The van der Waals surface area contributed by atoms with Crippen molar-refractivity contribution in [1.29, 1.82) is 5.26 Å². The largest absolute Gasteiger partial charge is 0.342 e. The molecule has 2 atom stereocenters. The molecule has 1 aromatic rings. The van der Waals surface area contributed by atoms with E-state index >= 15 is 0 Å². The summed E-state index contributed by atoms with van der Waals surface area (Å²) in [4.78, 5) is 29.6. The molecule has 8 heteroatoms. The van der Waals surface area contributed by atoms with Crippen LogP contribution in [0.4, 0.5) is 8.78 Å². The number of benzene rings is 1. The summed E-state index contributed by atoms with van der Waals surface area (Å²) < 4.78 is 33.1. The number of likely N-dealkylation sites (tertiary alicyclic amines) is 1. The van der Waals surface area contributed by atoms with Crippen LogP contribution in [0.5, 0.6) is 0 Å². The van der Waals surface area contributed by atoms with E-state index in [-0.39, 0.29) is 11.8 Å². The lowest BCUT2D eigenvalue weighted by Gasteiger charge is -2.37. The van der Waals surface area contributed by atoms with Gasteiger partial charge in [-0.25, -0.2) is 8.78 Å². The molecule has 172 valence electrons. The van der Waals surface area contributed by atoms with Crippen molar-refractivity contribution in [2.75, 3.05) is 13.1 Å². The van der Waals surface area contributed by atoms with E-state index in [4.69, 9.17) is 4.74 Å². The standard InChI is InChI=1S/C25H25F2N3O3/c1-16(13-19(27)14-17(2)26)21-7-8-22-30(21)24(32)25(33-22)9-11-29(12-10-25)23(31)20-6-4-3-5-18(20)15-28/h3-6,13-14,21-22H,1,7-12H2,2H3/b17-14+,19-13+/t21-,22+/m0/s1. The van der Waals surface area contributed by atoms with Gasteiger partial charge in [0.15, 0.2) is 5.60 Å². The van der Waals surface area contributed by atoms with Crippen LogP contribution in [0.25, 0.3) is 0 Å². The van der Waals surface area contributed by atoms with Gasteiger partial charge in [-0.2, -0.15) is 5.26 Å². The predicted octanol–water partition coefficient (Wildman–Crippen LogP) is 4.16. The zero-order chi connectivity index (χ0) is 23.8. The quantitative estimate of drug-likeness (QED) is 0.642.